The van der Waals surface area contributed by atoms with Gasteiger partial charge in [-0.25, -0.2) is 4.79 Å². The molecule has 0 radical (unpaired) electrons. The fourth-order valence-corrected chi connectivity index (χ4v) is 3.29. The number of fused-ring (bicyclic) bond motifs is 2. The van der Waals surface area contributed by atoms with Crippen molar-refractivity contribution in [2.75, 3.05) is 23.4 Å². The molecule has 2 heterocycles. The average Bonchev–Trinajstić information content (AvgIpc) is 2.77. The van der Waals surface area contributed by atoms with Gasteiger partial charge in [0.15, 0.2) is 5.82 Å². The van der Waals surface area contributed by atoms with Gasteiger partial charge >= 0.3 is 5.69 Å². The second-order valence-electron chi connectivity index (χ2n) is 6.66. The van der Waals surface area contributed by atoms with Crippen LogP contribution in [0.15, 0.2) is 63.8 Å². The number of hydrogen-bond acceptors (Lipinski definition) is 7. The Bertz CT molecular complexity index is 1220. The minimum Gasteiger partial charge on any atom is -0.437 e. The highest BCUT2D eigenvalue weighted by Gasteiger charge is 2.18. The lowest BCUT2D eigenvalue weighted by atomic mass is 10.1. The molecular weight excluding hydrogens is 382 g/mol. The highest BCUT2D eigenvalue weighted by Crippen LogP contribution is 2.32. The predicted octanol–water partition coefficient (Wildman–Crippen LogP) is 3.29. The van der Waals surface area contributed by atoms with E-state index in [4.69, 9.17) is 4.42 Å². The Hall–Kier alpha value is -3.94. The van der Waals surface area contributed by atoms with Crippen molar-refractivity contribution in [2.45, 2.75) is 13.8 Å². The van der Waals surface area contributed by atoms with E-state index in [1.165, 1.54) is 0 Å². The molecule has 8 nitrogen and oxygen atoms in total. The van der Waals surface area contributed by atoms with E-state index in [0.717, 1.165) is 24.2 Å². The molecule has 1 amide bonds. The number of carbonyl (C=O) groups excluding carboxylic acids is 1. The summed E-state index contributed by atoms with van der Waals surface area (Å²) < 4.78 is 5.91. The minimum absolute atomic E-state index is 0.149. The predicted molar refractivity (Wildman–Crippen MR) is 116 cm³/mol. The van der Waals surface area contributed by atoms with Crippen LogP contribution in [0.5, 0.6) is 0 Å². The topological polar surface area (TPSA) is 100 Å². The molecule has 0 saturated carbocycles. The minimum atomic E-state index is -0.707. The summed E-state index contributed by atoms with van der Waals surface area (Å²) in [7, 11) is 0. The number of aromatic nitrogens is 2. The molecular formula is C22H21N5O3. The van der Waals surface area contributed by atoms with Gasteiger partial charge in [-0.2, -0.15) is 9.97 Å². The Morgan fingerprint density at radius 2 is 1.80 bits per heavy atom. The number of nitrogens with one attached hydrogen (secondary N) is 2. The molecule has 0 aromatic heterocycles. The third kappa shape index (κ3) is 3.80. The molecule has 0 bridgehead atoms. The molecule has 0 fully saturated rings. The Morgan fingerprint density at radius 3 is 2.53 bits per heavy atom. The number of anilines is 2. The zero-order valence-corrected chi connectivity index (χ0v) is 16.7. The number of amides is 1. The molecule has 0 aliphatic carbocycles. The van der Waals surface area contributed by atoms with Crippen LogP contribution in [0.4, 0.5) is 11.5 Å². The quantitative estimate of drug-likeness (QED) is 0.376. The van der Waals surface area contributed by atoms with E-state index in [2.05, 4.69) is 39.6 Å². The van der Waals surface area contributed by atoms with Gasteiger partial charge in [0.1, 0.15) is 5.58 Å². The van der Waals surface area contributed by atoms with Crippen molar-refractivity contribution in [2.24, 2.45) is 0 Å². The second-order valence-corrected chi connectivity index (χ2v) is 6.66. The second kappa shape index (κ2) is 8.20. The first-order chi connectivity index (χ1) is 14.6. The fraction of sp³-hybridized carbons (Fsp3) is 0.182. The summed E-state index contributed by atoms with van der Waals surface area (Å²) in [6.07, 6.45) is 0. The van der Waals surface area contributed by atoms with Crippen molar-refractivity contribution in [3.8, 4) is 11.5 Å². The summed E-state index contributed by atoms with van der Waals surface area (Å²) in [5.74, 6) is -0.0280. The molecule has 2 N–H and O–H groups in total. The van der Waals surface area contributed by atoms with Gasteiger partial charge < -0.3 is 9.32 Å². The molecule has 0 spiro atoms. The van der Waals surface area contributed by atoms with E-state index in [1.54, 1.807) is 24.3 Å². The molecule has 2 aromatic carbocycles. The largest absolute Gasteiger partial charge is 0.437 e. The molecule has 0 atom stereocenters. The maximum atomic E-state index is 12.3. The Morgan fingerprint density at radius 1 is 1.03 bits per heavy atom. The van der Waals surface area contributed by atoms with Gasteiger partial charge in [-0.3, -0.25) is 15.6 Å². The van der Waals surface area contributed by atoms with Crippen LogP contribution in [-0.4, -0.2) is 29.0 Å². The SMILES string of the molecule is CCN(CC)c1ccc2cc3c(NNC(=O)c4ccccc4)nc(=O)nc-3oc2c1. The first-order valence-electron chi connectivity index (χ1n) is 9.71. The number of rotatable bonds is 6. The summed E-state index contributed by atoms with van der Waals surface area (Å²) in [6.45, 7) is 5.92. The Labute approximate surface area is 172 Å². The van der Waals surface area contributed by atoms with Crippen LogP contribution >= 0.6 is 0 Å². The summed E-state index contributed by atoms with van der Waals surface area (Å²) in [5.41, 5.74) is 7.18. The standard InChI is InChI=1S/C22H21N5O3/c1-3-27(4-2)16-11-10-15-12-17-19(23-22(29)24-21(17)30-18(15)13-16)25-26-20(28)14-8-6-5-7-9-14/h5-13H,3-4H2,1-2H3,(H,26,28)(H,23,25,29). The average molecular weight is 403 g/mol. The van der Waals surface area contributed by atoms with Crippen molar-refractivity contribution in [1.29, 1.82) is 0 Å². The van der Waals surface area contributed by atoms with E-state index in [9.17, 15) is 9.59 Å². The highest BCUT2D eigenvalue weighted by molar-refractivity contribution is 5.95. The van der Waals surface area contributed by atoms with E-state index in [-0.39, 0.29) is 17.6 Å². The van der Waals surface area contributed by atoms with Crippen LogP contribution in [0, 0.1) is 0 Å². The lowest BCUT2D eigenvalue weighted by Gasteiger charge is -2.21. The molecule has 0 unspecified atom stereocenters. The van der Waals surface area contributed by atoms with Crippen molar-refractivity contribution in [3.63, 3.8) is 0 Å². The van der Waals surface area contributed by atoms with Gasteiger partial charge in [-0.05, 0) is 44.2 Å². The van der Waals surface area contributed by atoms with Crippen LogP contribution in [0.1, 0.15) is 24.2 Å². The molecule has 0 saturated heterocycles. The van der Waals surface area contributed by atoms with Crippen LogP contribution < -0.4 is 21.4 Å². The lowest BCUT2D eigenvalue weighted by Crippen LogP contribution is -2.31. The third-order valence-corrected chi connectivity index (χ3v) is 4.85. The maximum absolute atomic E-state index is 12.3. The summed E-state index contributed by atoms with van der Waals surface area (Å²) in [6, 6.07) is 16.5. The van der Waals surface area contributed by atoms with Gasteiger partial charge in [0.05, 0.1) is 5.56 Å². The van der Waals surface area contributed by atoms with Crippen LogP contribution in [0.3, 0.4) is 0 Å². The first-order valence-corrected chi connectivity index (χ1v) is 9.71. The number of nitrogens with zero attached hydrogens (tertiary/aromatic N) is 3. The van der Waals surface area contributed by atoms with Gasteiger partial charge in [0, 0.05) is 35.8 Å². The van der Waals surface area contributed by atoms with E-state index in [0.29, 0.717) is 16.7 Å². The zero-order chi connectivity index (χ0) is 21.1. The maximum Gasteiger partial charge on any atom is 0.372 e. The monoisotopic (exact) mass is 403 g/mol. The number of hydrogen-bond donors (Lipinski definition) is 2. The highest BCUT2D eigenvalue weighted by atomic mass is 16.3. The molecule has 8 heteroatoms. The number of carbonyl (C=O) groups is 1. The van der Waals surface area contributed by atoms with Gasteiger partial charge in [-0.15, -0.1) is 0 Å². The Balaban J connectivity index is 1.70. The smallest absolute Gasteiger partial charge is 0.372 e. The van der Waals surface area contributed by atoms with Crippen LogP contribution in [0.2, 0.25) is 0 Å². The fourth-order valence-electron chi connectivity index (χ4n) is 3.29. The van der Waals surface area contributed by atoms with Crippen LogP contribution in [-0.2, 0) is 0 Å². The molecule has 2 aromatic rings. The number of hydrazine groups is 1. The normalized spacial score (nSPS) is 10.9. The molecule has 4 rings (SSSR count). The van der Waals surface area contributed by atoms with E-state index >= 15 is 0 Å². The lowest BCUT2D eigenvalue weighted by molar-refractivity contribution is 0.0962. The third-order valence-electron chi connectivity index (χ3n) is 4.85. The van der Waals surface area contributed by atoms with Gasteiger partial charge in [0.25, 0.3) is 5.91 Å². The van der Waals surface area contributed by atoms with Crippen molar-refractivity contribution in [1.82, 2.24) is 15.4 Å². The molecule has 2 aliphatic rings. The van der Waals surface area contributed by atoms with Gasteiger partial charge in [0.2, 0.25) is 5.89 Å². The van der Waals surface area contributed by atoms with Crippen molar-refractivity contribution < 1.29 is 9.21 Å². The molecule has 152 valence electrons. The molecule has 2 aliphatic heterocycles. The Kier molecular flexibility index (Phi) is 5.30. The van der Waals surface area contributed by atoms with Crippen molar-refractivity contribution in [3.05, 3.63) is 70.6 Å². The van der Waals surface area contributed by atoms with Crippen molar-refractivity contribution >= 4 is 28.4 Å². The first kappa shape index (κ1) is 19.4. The summed E-state index contributed by atoms with van der Waals surface area (Å²) in [4.78, 5) is 34.2. The summed E-state index contributed by atoms with van der Waals surface area (Å²) in [5, 5.41) is 0.832. The number of benzene rings is 2. The molecule has 30 heavy (non-hydrogen) atoms. The van der Waals surface area contributed by atoms with Crippen LogP contribution in [0.25, 0.3) is 22.4 Å². The van der Waals surface area contributed by atoms with Gasteiger partial charge in [-0.1, -0.05) is 18.2 Å². The van der Waals surface area contributed by atoms with E-state index in [1.807, 2.05) is 30.3 Å². The zero-order valence-electron chi connectivity index (χ0n) is 16.7. The summed E-state index contributed by atoms with van der Waals surface area (Å²) >= 11 is 0. The van der Waals surface area contributed by atoms with E-state index < -0.39 is 5.69 Å².